The molecule has 1 aliphatic carbocycles. The second-order valence-corrected chi connectivity index (χ2v) is 8.96. The normalized spacial score (nSPS) is 23.1. The van der Waals surface area contributed by atoms with Crippen LogP contribution in [0.3, 0.4) is 0 Å². The summed E-state index contributed by atoms with van der Waals surface area (Å²) >= 11 is 1.14. The molecule has 2 rings (SSSR count). The van der Waals surface area contributed by atoms with Crippen molar-refractivity contribution in [2.24, 2.45) is 11.8 Å². The van der Waals surface area contributed by atoms with Gasteiger partial charge < -0.3 is 11.1 Å². The third-order valence-electron chi connectivity index (χ3n) is 4.34. The Balaban J connectivity index is 1.92. The van der Waals surface area contributed by atoms with E-state index in [1.807, 2.05) is 0 Å². The van der Waals surface area contributed by atoms with Gasteiger partial charge in [0, 0.05) is 6.54 Å². The summed E-state index contributed by atoms with van der Waals surface area (Å²) in [7, 11) is -3.32. The van der Waals surface area contributed by atoms with E-state index in [2.05, 4.69) is 16.6 Å². The zero-order valence-electron chi connectivity index (χ0n) is 12.8. The molecule has 120 valence electrons. The average molecular weight is 332 g/mol. The van der Waals surface area contributed by atoms with Gasteiger partial charge in [-0.15, -0.1) is 0 Å². The Morgan fingerprint density at radius 3 is 2.62 bits per heavy atom. The largest absolute Gasteiger partial charge is 0.382 e. The topological polar surface area (TPSA) is 85.1 Å². The summed E-state index contributed by atoms with van der Waals surface area (Å²) in [4.78, 5) is 0.187. The van der Waals surface area contributed by atoms with E-state index in [4.69, 9.17) is 5.73 Å². The highest BCUT2D eigenvalue weighted by molar-refractivity contribution is 7.91. The lowest BCUT2D eigenvalue weighted by Gasteiger charge is -2.26. The highest BCUT2D eigenvalue weighted by atomic mass is 32.2. The summed E-state index contributed by atoms with van der Waals surface area (Å²) in [5.74, 6) is 1.78. The molecule has 21 heavy (non-hydrogen) atoms. The van der Waals surface area contributed by atoms with Crippen molar-refractivity contribution < 1.29 is 8.42 Å². The molecule has 0 aromatic carbocycles. The number of anilines is 2. The van der Waals surface area contributed by atoms with Crippen LogP contribution in [0.4, 0.5) is 10.8 Å². The van der Waals surface area contributed by atoms with Crippen LogP contribution in [0.1, 0.15) is 46.0 Å². The molecule has 0 unspecified atom stereocenters. The molecule has 1 fully saturated rings. The Hall–Kier alpha value is -0.820. The third kappa shape index (κ3) is 4.10. The monoisotopic (exact) mass is 331 g/mol. The van der Waals surface area contributed by atoms with E-state index in [0.29, 0.717) is 5.00 Å². The van der Waals surface area contributed by atoms with Crippen LogP contribution in [-0.4, -0.2) is 25.1 Å². The second kappa shape index (κ2) is 6.96. The van der Waals surface area contributed by atoms with E-state index in [0.717, 1.165) is 36.3 Å². The van der Waals surface area contributed by atoms with Crippen LogP contribution in [0.25, 0.3) is 0 Å². The van der Waals surface area contributed by atoms with Crippen LogP contribution in [0.15, 0.2) is 4.90 Å². The first-order valence-corrected chi connectivity index (χ1v) is 10.1. The summed E-state index contributed by atoms with van der Waals surface area (Å²) in [6, 6.07) is 0. The molecule has 5 nitrogen and oxygen atoms in total. The van der Waals surface area contributed by atoms with Gasteiger partial charge >= 0.3 is 0 Å². The molecule has 0 radical (unpaired) electrons. The Labute approximate surface area is 131 Å². The van der Waals surface area contributed by atoms with Crippen LogP contribution in [0.2, 0.25) is 0 Å². The molecule has 0 aliphatic heterocycles. The predicted molar refractivity (Wildman–Crippen MR) is 88.5 cm³/mol. The number of hydrogen-bond acceptors (Lipinski definition) is 6. The highest BCUT2D eigenvalue weighted by Gasteiger charge is 2.24. The Bertz CT molecular complexity index is 561. The van der Waals surface area contributed by atoms with Gasteiger partial charge in [-0.25, -0.2) is 8.42 Å². The summed E-state index contributed by atoms with van der Waals surface area (Å²) < 4.78 is 28.1. The fourth-order valence-corrected chi connectivity index (χ4v) is 5.05. The second-order valence-electron chi connectivity index (χ2n) is 5.97. The van der Waals surface area contributed by atoms with E-state index in [9.17, 15) is 8.42 Å². The van der Waals surface area contributed by atoms with Gasteiger partial charge in [0.1, 0.15) is 9.90 Å². The molecule has 0 atom stereocenters. The number of nitrogen functional groups attached to an aromatic ring is 1. The summed E-state index contributed by atoms with van der Waals surface area (Å²) in [5, 5.41) is 3.83. The lowest BCUT2D eigenvalue weighted by Crippen LogP contribution is -2.16. The summed E-state index contributed by atoms with van der Waals surface area (Å²) in [6.07, 6.45) is 6.28. The molecule has 3 N–H and O–H groups in total. The number of nitrogens with two attached hydrogens (primary N) is 1. The van der Waals surface area contributed by atoms with Crippen molar-refractivity contribution in [2.75, 3.05) is 23.3 Å². The van der Waals surface area contributed by atoms with Gasteiger partial charge in [-0.05, 0) is 29.8 Å². The summed E-state index contributed by atoms with van der Waals surface area (Å²) in [5.41, 5.74) is 5.71. The maximum atomic E-state index is 12.1. The van der Waals surface area contributed by atoms with Crippen LogP contribution < -0.4 is 11.1 Å². The van der Waals surface area contributed by atoms with Crippen molar-refractivity contribution in [3.63, 3.8) is 0 Å². The lowest BCUT2D eigenvalue weighted by atomic mass is 9.81. The molecule has 1 saturated carbocycles. The third-order valence-corrected chi connectivity index (χ3v) is 7.08. The predicted octanol–water partition coefficient (Wildman–Crippen LogP) is 3.15. The zero-order chi connectivity index (χ0) is 15.5. The molecule has 1 aromatic heterocycles. The first kappa shape index (κ1) is 16.5. The zero-order valence-corrected chi connectivity index (χ0v) is 14.4. The number of sulfone groups is 1. The average Bonchev–Trinajstić information content (AvgIpc) is 2.83. The van der Waals surface area contributed by atoms with Crippen LogP contribution in [0, 0.1) is 11.8 Å². The molecule has 0 amide bonds. The molecular formula is C14H25N3O2S2. The maximum Gasteiger partial charge on any atom is 0.184 e. The fraction of sp³-hybridized carbons (Fsp3) is 0.786. The Kier molecular flexibility index (Phi) is 5.48. The molecule has 0 bridgehead atoms. The van der Waals surface area contributed by atoms with Crippen molar-refractivity contribution >= 4 is 32.2 Å². The van der Waals surface area contributed by atoms with E-state index in [-0.39, 0.29) is 16.5 Å². The first-order chi connectivity index (χ1) is 9.94. The fourth-order valence-electron chi connectivity index (χ4n) is 2.86. The van der Waals surface area contributed by atoms with Gasteiger partial charge in [-0.1, -0.05) is 39.5 Å². The van der Waals surface area contributed by atoms with Crippen molar-refractivity contribution in [1.29, 1.82) is 0 Å². The van der Waals surface area contributed by atoms with Gasteiger partial charge in [0.25, 0.3) is 0 Å². The van der Waals surface area contributed by atoms with Crippen molar-refractivity contribution in [1.82, 2.24) is 4.37 Å². The number of nitrogens with one attached hydrogen (secondary N) is 1. The smallest absolute Gasteiger partial charge is 0.184 e. The van der Waals surface area contributed by atoms with Gasteiger partial charge in [0.2, 0.25) is 0 Å². The van der Waals surface area contributed by atoms with Crippen molar-refractivity contribution in [3.05, 3.63) is 0 Å². The van der Waals surface area contributed by atoms with E-state index in [1.54, 1.807) is 6.92 Å². The molecule has 1 heterocycles. The number of nitrogens with zero attached hydrogens (tertiary/aromatic N) is 1. The first-order valence-electron chi connectivity index (χ1n) is 7.65. The molecule has 1 aliphatic rings. The van der Waals surface area contributed by atoms with Gasteiger partial charge in [0.15, 0.2) is 15.7 Å². The quantitative estimate of drug-likeness (QED) is 0.836. The Morgan fingerprint density at radius 1 is 1.33 bits per heavy atom. The van der Waals surface area contributed by atoms with E-state index < -0.39 is 9.84 Å². The van der Waals surface area contributed by atoms with Crippen molar-refractivity contribution in [2.45, 2.75) is 50.8 Å². The lowest BCUT2D eigenvalue weighted by molar-refractivity contribution is 0.282. The minimum absolute atomic E-state index is 0.0464. The molecule has 0 saturated heterocycles. The minimum Gasteiger partial charge on any atom is -0.382 e. The SMILES string of the molecule is CCS(=O)(=O)c1c(N)nsc1NCCC1CCC(C)CC1. The summed E-state index contributed by atoms with van der Waals surface area (Å²) in [6.45, 7) is 4.72. The molecule has 7 heteroatoms. The highest BCUT2D eigenvalue weighted by Crippen LogP contribution is 2.33. The van der Waals surface area contributed by atoms with Crippen LogP contribution in [-0.2, 0) is 9.84 Å². The number of hydrogen-bond donors (Lipinski definition) is 2. The van der Waals surface area contributed by atoms with Crippen molar-refractivity contribution in [3.8, 4) is 0 Å². The van der Waals surface area contributed by atoms with E-state index >= 15 is 0 Å². The van der Waals surface area contributed by atoms with Gasteiger partial charge in [-0.2, -0.15) is 4.37 Å². The maximum absolute atomic E-state index is 12.1. The molecule has 0 spiro atoms. The number of aromatic nitrogens is 1. The van der Waals surface area contributed by atoms with E-state index in [1.165, 1.54) is 25.7 Å². The van der Waals surface area contributed by atoms with Crippen LogP contribution >= 0.6 is 11.5 Å². The number of rotatable bonds is 6. The molecular weight excluding hydrogens is 306 g/mol. The van der Waals surface area contributed by atoms with Gasteiger partial charge in [0.05, 0.1) is 5.75 Å². The molecule has 1 aromatic rings. The van der Waals surface area contributed by atoms with Crippen LogP contribution in [0.5, 0.6) is 0 Å². The van der Waals surface area contributed by atoms with Gasteiger partial charge in [-0.3, -0.25) is 0 Å². The Morgan fingerprint density at radius 2 is 2.00 bits per heavy atom. The minimum atomic E-state index is -3.32. The standard InChI is InChI=1S/C14H25N3O2S2/c1-3-21(18,19)12-13(15)17-20-14(12)16-9-8-11-6-4-10(2)5-7-11/h10-11,16H,3-9H2,1-2H3,(H2,15,17).